The van der Waals surface area contributed by atoms with Crippen LogP contribution in [-0.4, -0.2) is 11.5 Å². The van der Waals surface area contributed by atoms with Gasteiger partial charge < -0.3 is 0 Å². The van der Waals surface area contributed by atoms with E-state index >= 15 is 0 Å². The number of amidine groups is 1. The molecule has 262 valence electrons. The summed E-state index contributed by atoms with van der Waals surface area (Å²) in [5, 5.41) is 9.69. The Morgan fingerprint density at radius 3 is 2.25 bits per heavy atom. The summed E-state index contributed by atoms with van der Waals surface area (Å²) in [6.07, 6.45) is 21.9. The second-order valence-corrected chi connectivity index (χ2v) is 15.2. The first kappa shape index (κ1) is 34.5. The molecule has 1 spiro atoms. The molecule has 4 aromatic carbocycles. The second kappa shape index (κ2) is 14.8. The summed E-state index contributed by atoms with van der Waals surface area (Å²) >= 11 is 0. The van der Waals surface area contributed by atoms with Gasteiger partial charge in [0.15, 0.2) is 5.84 Å². The molecule has 0 aliphatic heterocycles. The molecule has 0 amide bonds. The minimum Gasteiger partial charge on any atom is -0.233 e. The van der Waals surface area contributed by atoms with Crippen molar-refractivity contribution >= 4 is 17.1 Å². The van der Waals surface area contributed by atoms with Gasteiger partial charge in [0.2, 0.25) is 0 Å². The number of hydrogen-bond donors (Lipinski definition) is 0. The number of aryl methyl sites for hydroxylation is 1. The van der Waals surface area contributed by atoms with Crippen molar-refractivity contribution in [3.63, 3.8) is 0 Å². The van der Waals surface area contributed by atoms with Gasteiger partial charge in [0.25, 0.3) is 0 Å². The van der Waals surface area contributed by atoms with Gasteiger partial charge in [-0.2, -0.15) is 5.26 Å². The van der Waals surface area contributed by atoms with Gasteiger partial charge in [0.1, 0.15) is 0 Å². The van der Waals surface area contributed by atoms with Crippen LogP contribution in [0.25, 0.3) is 27.8 Å². The summed E-state index contributed by atoms with van der Waals surface area (Å²) in [6.45, 7) is 8.57. The van der Waals surface area contributed by atoms with E-state index in [0.717, 1.165) is 66.9 Å². The molecule has 0 unspecified atom stereocenters. The molecule has 53 heavy (non-hydrogen) atoms. The van der Waals surface area contributed by atoms with Gasteiger partial charge in [0, 0.05) is 28.8 Å². The van der Waals surface area contributed by atoms with Crippen LogP contribution in [0.4, 0.5) is 0 Å². The molecule has 0 saturated heterocycles. The van der Waals surface area contributed by atoms with Crippen molar-refractivity contribution in [2.45, 2.75) is 83.5 Å². The molecule has 3 heteroatoms. The summed E-state index contributed by atoms with van der Waals surface area (Å²) in [7, 11) is 0. The standard InChI is InChI=1S/C50H47N3/c1-34-12-8-9-15-43(34)30-35(2)52-49(42-13-6-4-7-14-42)53-36(3)38-17-19-39(20-18-38)40-21-23-41(24-22-40)44-25-27-46-45-26-16-37(33-51)31-47(45)50(48(46)32-44)28-10-5-11-29-50/h6,8-9,12-17,19,21-27,31-32H,2,4-5,7,10-11,18,20,28-30H2,1,3H3. The Bertz CT molecular complexity index is 2320. The molecular formula is C50H47N3. The fourth-order valence-corrected chi connectivity index (χ4v) is 8.88. The highest BCUT2D eigenvalue weighted by Gasteiger charge is 2.44. The average molecular weight is 690 g/mol. The highest BCUT2D eigenvalue weighted by atomic mass is 14.9. The van der Waals surface area contributed by atoms with Crippen LogP contribution in [0.15, 0.2) is 149 Å². The van der Waals surface area contributed by atoms with Crippen molar-refractivity contribution in [3.8, 4) is 28.3 Å². The SMILES string of the molecule is C=C(Cc1ccccc1C)N=C(N=C(C)C1=CC=C(c2ccc(-c3ccc4c(c3)C3(CCCCC3)c3cc(C#N)ccc3-4)cc2)CC1)C1=CCCC=C1. The molecule has 4 aliphatic rings. The molecule has 0 aromatic heterocycles. The highest BCUT2D eigenvalue weighted by Crippen LogP contribution is 2.56. The molecule has 0 bridgehead atoms. The van der Waals surface area contributed by atoms with E-state index in [4.69, 9.17) is 9.98 Å². The first-order valence-electron chi connectivity index (χ1n) is 19.4. The fourth-order valence-electron chi connectivity index (χ4n) is 8.88. The van der Waals surface area contributed by atoms with Crippen LogP contribution in [0.2, 0.25) is 0 Å². The Labute approximate surface area is 315 Å². The number of allylic oxidation sites excluding steroid dienone is 7. The highest BCUT2D eigenvalue weighted by molar-refractivity contribution is 6.13. The van der Waals surface area contributed by atoms with Crippen molar-refractivity contribution in [2.24, 2.45) is 9.98 Å². The van der Waals surface area contributed by atoms with E-state index in [2.05, 4.69) is 136 Å². The van der Waals surface area contributed by atoms with Crippen LogP contribution in [0.3, 0.4) is 0 Å². The van der Waals surface area contributed by atoms with Gasteiger partial charge in [0.05, 0.1) is 11.6 Å². The predicted molar refractivity (Wildman–Crippen MR) is 222 cm³/mol. The molecule has 0 atom stereocenters. The summed E-state index contributed by atoms with van der Waals surface area (Å²) in [5.41, 5.74) is 18.1. The van der Waals surface area contributed by atoms with E-state index in [1.54, 1.807) is 0 Å². The van der Waals surface area contributed by atoms with Crippen molar-refractivity contribution in [3.05, 3.63) is 172 Å². The molecule has 8 rings (SSSR count). The molecule has 0 N–H and O–H groups in total. The van der Waals surface area contributed by atoms with Crippen molar-refractivity contribution in [2.75, 3.05) is 0 Å². The van der Waals surface area contributed by atoms with Gasteiger partial charge in [-0.25, -0.2) is 9.98 Å². The Balaban J connectivity index is 1.02. The normalized spacial score (nSPS) is 17.7. The maximum Gasteiger partial charge on any atom is 0.159 e. The maximum atomic E-state index is 9.69. The third-order valence-electron chi connectivity index (χ3n) is 11.8. The van der Waals surface area contributed by atoms with Crippen LogP contribution in [0.5, 0.6) is 0 Å². The number of rotatable bonds is 7. The number of nitriles is 1. The minimum atomic E-state index is 0.0238. The van der Waals surface area contributed by atoms with Gasteiger partial charge >= 0.3 is 0 Å². The molecule has 4 aliphatic carbocycles. The van der Waals surface area contributed by atoms with Gasteiger partial charge in [-0.15, -0.1) is 0 Å². The third kappa shape index (κ3) is 6.87. The van der Waals surface area contributed by atoms with Crippen LogP contribution < -0.4 is 0 Å². The largest absolute Gasteiger partial charge is 0.233 e. The molecule has 0 radical (unpaired) electrons. The van der Waals surface area contributed by atoms with E-state index in [1.807, 2.05) is 6.07 Å². The zero-order valence-corrected chi connectivity index (χ0v) is 31.1. The third-order valence-corrected chi connectivity index (χ3v) is 11.8. The van der Waals surface area contributed by atoms with Gasteiger partial charge in [-0.3, -0.25) is 0 Å². The zero-order valence-electron chi connectivity index (χ0n) is 31.1. The second-order valence-electron chi connectivity index (χ2n) is 15.2. The van der Waals surface area contributed by atoms with Gasteiger partial charge in [-0.1, -0.05) is 123 Å². The average Bonchev–Trinajstić information content (AvgIpc) is 3.46. The van der Waals surface area contributed by atoms with Crippen LogP contribution in [0, 0.1) is 18.3 Å². The lowest BCUT2D eigenvalue weighted by atomic mass is 9.67. The summed E-state index contributed by atoms with van der Waals surface area (Å²) < 4.78 is 0. The number of fused-ring (bicyclic) bond motifs is 5. The molecule has 1 fully saturated rings. The number of hydrogen-bond acceptors (Lipinski definition) is 2. The quantitative estimate of drug-likeness (QED) is 0.141. The van der Waals surface area contributed by atoms with Crippen molar-refractivity contribution in [1.29, 1.82) is 5.26 Å². The van der Waals surface area contributed by atoms with Crippen molar-refractivity contribution in [1.82, 2.24) is 0 Å². The summed E-state index contributed by atoms with van der Waals surface area (Å²) in [6, 6.07) is 33.3. The Hall–Kier alpha value is -5.59. The molecule has 1 saturated carbocycles. The van der Waals surface area contributed by atoms with Crippen LogP contribution in [-0.2, 0) is 11.8 Å². The van der Waals surface area contributed by atoms with Crippen LogP contribution >= 0.6 is 0 Å². The Morgan fingerprint density at radius 1 is 0.792 bits per heavy atom. The van der Waals surface area contributed by atoms with E-state index in [9.17, 15) is 5.26 Å². The first-order chi connectivity index (χ1) is 25.9. The molecule has 0 heterocycles. The lowest BCUT2D eigenvalue weighted by molar-refractivity contribution is 0.353. The topological polar surface area (TPSA) is 48.5 Å². The first-order valence-corrected chi connectivity index (χ1v) is 19.4. The molecular weight excluding hydrogens is 643 g/mol. The molecule has 3 nitrogen and oxygen atoms in total. The van der Waals surface area contributed by atoms with E-state index in [-0.39, 0.29) is 5.41 Å². The Kier molecular flexibility index (Phi) is 9.63. The predicted octanol–water partition coefficient (Wildman–Crippen LogP) is 12.8. The Morgan fingerprint density at radius 2 is 1.53 bits per heavy atom. The van der Waals surface area contributed by atoms with E-state index in [0.29, 0.717) is 6.42 Å². The number of nitrogens with zero attached hydrogens (tertiary/aromatic N) is 3. The van der Waals surface area contributed by atoms with E-state index < -0.39 is 0 Å². The van der Waals surface area contributed by atoms with Gasteiger partial charge in [-0.05, 0) is 132 Å². The fraction of sp³-hybridized carbons (Fsp3) is 0.260. The lowest BCUT2D eigenvalue weighted by Gasteiger charge is -2.36. The van der Waals surface area contributed by atoms with E-state index in [1.165, 1.54) is 80.5 Å². The number of benzene rings is 4. The zero-order chi connectivity index (χ0) is 36.4. The maximum absolute atomic E-state index is 9.69. The summed E-state index contributed by atoms with van der Waals surface area (Å²) in [5.74, 6) is 0.750. The minimum absolute atomic E-state index is 0.0238. The molecule has 4 aromatic rings. The number of aliphatic imine (C=N–C) groups is 2. The van der Waals surface area contributed by atoms with Crippen molar-refractivity contribution < 1.29 is 0 Å². The smallest absolute Gasteiger partial charge is 0.159 e. The summed E-state index contributed by atoms with van der Waals surface area (Å²) in [4.78, 5) is 10.1. The van der Waals surface area contributed by atoms with Crippen LogP contribution in [0.1, 0.15) is 98.1 Å². The lowest BCUT2D eigenvalue weighted by Crippen LogP contribution is -2.28. The monoisotopic (exact) mass is 689 g/mol.